The Bertz CT molecular complexity index is 2060. The van der Waals surface area contributed by atoms with Crippen molar-refractivity contribution in [2.24, 2.45) is 5.41 Å². The van der Waals surface area contributed by atoms with Crippen molar-refractivity contribution < 1.29 is 85.3 Å². The minimum Gasteiger partial charge on any atom is -0.386 e. The summed E-state index contributed by atoms with van der Waals surface area (Å²) in [6, 6.07) is 0. The van der Waals surface area contributed by atoms with E-state index in [0.717, 1.165) is 34.6 Å². The average molecular weight is 933 g/mol. The molecule has 3 amide bonds. The molecule has 1 aliphatic rings. The fourth-order valence-electron chi connectivity index (χ4n) is 4.87. The molecule has 0 aliphatic carbocycles. The summed E-state index contributed by atoms with van der Waals surface area (Å²) in [5.74, 6) is -1.79. The molecule has 1 aliphatic heterocycles. The summed E-state index contributed by atoms with van der Waals surface area (Å²) in [6.07, 6.45) is -2.36. The first-order valence-corrected chi connectivity index (χ1v) is 23.0. The van der Waals surface area contributed by atoms with Crippen molar-refractivity contribution in [2.45, 2.75) is 64.8 Å². The molecule has 3 rings (SSSR count). The van der Waals surface area contributed by atoms with Gasteiger partial charge in [-0.3, -0.25) is 37.3 Å². The number of ether oxygens (including phenoxy) is 1. The van der Waals surface area contributed by atoms with Crippen molar-refractivity contribution in [1.29, 1.82) is 0 Å². The van der Waals surface area contributed by atoms with Crippen LogP contribution >= 0.6 is 35.2 Å². The number of aliphatic hydroxyl groups is 2. The number of phosphoric ester groups is 3. The predicted molar refractivity (Wildman–Crippen MR) is 209 cm³/mol. The summed E-state index contributed by atoms with van der Waals surface area (Å²) in [6.45, 7) is 3.68. The van der Waals surface area contributed by atoms with Crippen LogP contribution < -0.4 is 21.7 Å². The van der Waals surface area contributed by atoms with Gasteiger partial charge in [-0.25, -0.2) is 28.6 Å². The molecule has 60 heavy (non-hydrogen) atoms. The summed E-state index contributed by atoms with van der Waals surface area (Å²) in [5, 5.41) is 28.4. The highest BCUT2D eigenvalue weighted by Crippen LogP contribution is 2.61. The molecule has 11 N–H and O–H groups in total. The normalized spacial score (nSPS) is 21.3. The van der Waals surface area contributed by atoms with Gasteiger partial charge in [0.05, 0.1) is 26.1 Å². The Labute approximate surface area is 346 Å². The first kappa shape index (κ1) is 50.9. The second-order valence-electron chi connectivity index (χ2n) is 13.4. The van der Waals surface area contributed by atoms with E-state index in [-0.39, 0.29) is 53.9 Å². The monoisotopic (exact) mass is 932 g/mol. The Morgan fingerprint density at radius 1 is 1.03 bits per heavy atom. The summed E-state index contributed by atoms with van der Waals surface area (Å²) < 4.78 is 62.1. The van der Waals surface area contributed by atoms with Crippen LogP contribution in [-0.2, 0) is 55.5 Å². The third-order valence-electron chi connectivity index (χ3n) is 8.12. The molecule has 0 radical (unpaired) electrons. The molecule has 336 valence electrons. The van der Waals surface area contributed by atoms with Gasteiger partial charge in [-0.2, -0.15) is 4.31 Å². The van der Waals surface area contributed by atoms with Crippen LogP contribution in [0.1, 0.15) is 40.3 Å². The van der Waals surface area contributed by atoms with Gasteiger partial charge >= 0.3 is 23.5 Å². The van der Waals surface area contributed by atoms with Gasteiger partial charge < -0.3 is 56.2 Å². The number of nitrogens with zero attached hydrogens (tertiary/aromatic N) is 4. The molecule has 1 fully saturated rings. The van der Waals surface area contributed by atoms with Gasteiger partial charge in [0.2, 0.25) is 22.8 Å². The number of thioether (sulfide) groups is 1. The van der Waals surface area contributed by atoms with Gasteiger partial charge in [-0.1, -0.05) is 43.3 Å². The molecule has 3 heterocycles. The van der Waals surface area contributed by atoms with E-state index in [1.54, 1.807) is 6.08 Å². The van der Waals surface area contributed by atoms with Crippen LogP contribution in [0, 0.1) is 5.41 Å². The first-order valence-electron chi connectivity index (χ1n) is 17.5. The quantitative estimate of drug-likeness (QED) is 0.0285. The zero-order chi connectivity index (χ0) is 45.1. The van der Waals surface area contributed by atoms with Crippen LogP contribution in [0.25, 0.3) is 11.2 Å². The molecule has 30 heteroatoms. The van der Waals surface area contributed by atoms with Crippen LogP contribution in [-0.4, -0.2) is 135 Å². The number of rotatable bonds is 23. The van der Waals surface area contributed by atoms with Crippen molar-refractivity contribution in [3.05, 3.63) is 36.5 Å². The number of phosphoric acid groups is 3. The number of carbonyl (C=O) groups excluding carboxylic acids is 4. The number of anilines is 1. The van der Waals surface area contributed by atoms with E-state index in [1.165, 1.54) is 19.9 Å². The molecule has 2 aromatic heterocycles. The largest absolute Gasteiger partial charge is 0.481 e. The van der Waals surface area contributed by atoms with Gasteiger partial charge in [-0.05, 0) is 13.8 Å². The third-order valence-corrected chi connectivity index (χ3v) is 12.1. The van der Waals surface area contributed by atoms with Crippen molar-refractivity contribution in [3.63, 3.8) is 0 Å². The van der Waals surface area contributed by atoms with Crippen LogP contribution in [0.5, 0.6) is 0 Å². The lowest BCUT2D eigenvalue weighted by atomic mass is 9.87. The maximum Gasteiger partial charge on any atom is 0.481 e. The number of hydrogen-bond acceptors (Lipinski definition) is 19. The van der Waals surface area contributed by atoms with Crippen LogP contribution in [0.15, 0.2) is 36.5 Å². The minimum atomic E-state index is -5.59. The zero-order valence-corrected chi connectivity index (χ0v) is 35.9. The Kier molecular flexibility index (Phi) is 18.7. The summed E-state index contributed by atoms with van der Waals surface area (Å²) >= 11 is 0.891. The van der Waals surface area contributed by atoms with E-state index in [1.807, 2.05) is 19.9 Å². The second-order valence-corrected chi connectivity index (χ2v) is 18.8. The molecule has 0 bridgehead atoms. The molecular weight excluding hydrogens is 885 g/mol. The van der Waals surface area contributed by atoms with E-state index < -0.39 is 90.5 Å². The number of imidazole rings is 1. The van der Waals surface area contributed by atoms with Crippen molar-refractivity contribution in [1.82, 2.24) is 35.5 Å². The number of nitrogen functional groups attached to an aromatic ring is 1. The lowest BCUT2D eigenvalue weighted by molar-refractivity contribution is -0.137. The highest BCUT2D eigenvalue weighted by molar-refractivity contribution is 8.13. The van der Waals surface area contributed by atoms with Gasteiger partial charge in [0.1, 0.15) is 36.3 Å². The maximum absolute atomic E-state index is 12.7. The first-order chi connectivity index (χ1) is 27.8. The number of hydrogen-bond donors (Lipinski definition) is 10. The maximum atomic E-state index is 12.7. The number of amides is 3. The lowest BCUT2D eigenvalue weighted by Crippen LogP contribution is -2.46. The van der Waals surface area contributed by atoms with E-state index in [9.17, 15) is 62.7 Å². The number of allylic oxidation sites excluding steroid dienone is 3. The molecule has 7 unspecified atom stereocenters. The smallest absolute Gasteiger partial charge is 0.386 e. The third kappa shape index (κ3) is 16.1. The second kappa shape index (κ2) is 22.0. The Morgan fingerprint density at radius 3 is 2.38 bits per heavy atom. The molecular formula is C30H47N8O18P3S. The fourth-order valence-corrected chi connectivity index (χ4v) is 8.30. The number of aliphatic hydroxyl groups excluding tert-OH is 2. The number of fused-ring (bicyclic) bond motifs is 1. The van der Waals surface area contributed by atoms with Crippen LogP contribution in [0.3, 0.4) is 0 Å². The number of carbonyl (C=O) groups is 4. The SMILES string of the molecule is C/C=C(C)/C=C/C(=O)NCC(=O)SCCNC(=O)CCNC(=O)C(O)C(C)(C)COP(=O)(O)OP(=O)(O)OCC1OC(n2cnc3c(N)ncnc32)C(O)C1OP(=O)(O)O. The molecule has 0 aromatic carbocycles. The van der Waals surface area contributed by atoms with Crippen LogP contribution in [0.4, 0.5) is 5.82 Å². The molecule has 1 saturated heterocycles. The predicted octanol–water partition coefficient (Wildman–Crippen LogP) is -0.697. The average Bonchev–Trinajstić information content (AvgIpc) is 3.72. The van der Waals surface area contributed by atoms with E-state index in [2.05, 4.69) is 39.7 Å². The Hall–Kier alpha value is -3.49. The number of nitrogens with two attached hydrogens (primary N) is 1. The molecule has 26 nitrogen and oxygen atoms in total. The highest BCUT2D eigenvalue weighted by atomic mass is 32.2. The molecule has 2 aromatic rings. The van der Waals surface area contributed by atoms with E-state index >= 15 is 0 Å². The molecule has 7 atom stereocenters. The van der Waals surface area contributed by atoms with Crippen molar-refractivity contribution in [3.8, 4) is 0 Å². The minimum absolute atomic E-state index is 0.0219. The standard InChI is InChI=1S/C30H47N8O18P3S/c1-5-17(2)6-7-19(39)34-12-21(41)60-11-10-32-20(40)8-9-33-28(44)25(43)30(3,4)14-53-59(50,51)56-58(48,49)52-13-18-24(55-57(45,46)47)23(42)29(54-18)38-16-37-22-26(31)35-15-36-27(22)38/h5-7,15-16,18,23-25,29,42-43H,8-14H2,1-4H3,(H,32,40)(H,33,44)(H,34,39)(H,48,49)(H,50,51)(H2,31,35,36)(H2,45,46,47)/b7-6+,17-5+. The van der Waals surface area contributed by atoms with Crippen LogP contribution in [0.2, 0.25) is 0 Å². The van der Waals surface area contributed by atoms with Crippen molar-refractivity contribution >= 4 is 75.0 Å². The molecule has 0 saturated carbocycles. The lowest BCUT2D eigenvalue weighted by Gasteiger charge is -2.30. The number of aromatic nitrogens is 4. The summed E-state index contributed by atoms with van der Waals surface area (Å²) in [4.78, 5) is 99.4. The zero-order valence-electron chi connectivity index (χ0n) is 32.4. The van der Waals surface area contributed by atoms with Gasteiger partial charge in [0.25, 0.3) is 0 Å². The van der Waals surface area contributed by atoms with Gasteiger partial charge in [0.15, 0.2) is 17.7 Å². The summed E-state index contributed by atoms with van der Waals surface area (Å²) in [7, 11) is -16.4. The van der Waals surface area contributed by atoms with E-state index in [4.69, 9.17) is 19.5 Å². The fraction of sp³-hybridized carbons (Fsp3) is 0.567. The van der Waals surface area contributed by atoms with Gasteiger partial charge in [0, 0.05) is 36.8 Å². The highest BCUT2D eigenvalue weighted by Gasteiger charge is 2.50. The molecule has 0 spiro atoms. The van der Waals surface area contributed by atoms with Gasteiger partial charge in [-0.15, -0.1) is 0 Å². The van der Waals surface area contributed by atoms with E-state index in [0.29, 0.717) is 0 Å². The Morgan fingerprint density at radius 2 is 1.72 bits per heavy atom. The topological polar surface area (TPSA) is 393 Å². The summed E-state index contributed by atoms with van der Waals surface area (Å²) in [5.41, 5.74) is 5.09. The Balaban J connectivity index is 1.43. The van der Waals surface area contributed by atoms with Crippen molar-refractivity contribution in [2.75, 3.05) is 44.3 Å². The number of nitrogens with one attached hydrogen (secondary N) is 3.